The summed E-state index contributed by atoms with van der Waals surface area (Å²) >= 11 is 0. The van der Waals surface area contributed by atoms with Gasteiger partial charge in [-0.2, -0.15) is 0 Å². The number of unbranched alkanes of at least 4 members (excludes halogenated alkanes) is 1. The van der Waals surface area contributed by atoms with E-state index in [9.17, 15) is 9.59 Å². The van der Waals surface area contributed by atoms with Crippen LogP contribution in [0, 0.1) is 5.92 Å². The summed E-state index contributed by atoms with van der Waals surface area (Å²) in [6, 6.07) is -0.665. The van der Waals surface area contributed by atoms with E-state index in [-0.39, 0.29) is 12.2 Å². The molecule has 1 fully saturated rings. The van der Waals surface area contributed by atoms with Crippen LogP contribution in [0.15, 0.2) is 0 Å². The third-order valence-corrected chi connectivity index (χ3v) is 3.87. The van der Waals surface area contributed by atoms with Gasteiger partial charge in [0.15, 0.2) is 0 Å². The zero-order chi connectivity index (χ0) is 16.5. The Bertz CT molecular complexity index is 350. The van der Waals surface area contributed by atoms with E-state index in [4.69, 9.17) is 14.2 Å². The molecular weight excluding hydrogens is 286 g/mol. The van der Waals surface area contributed by atoms with Crippen LogP contribution in [0.2, 0.25) is 0 Å². The van der Waals surface area contributed by atoms with Gasteiger partial charge in [-0.1, -0.05) is 13.3 Å². The molecule has 0 aromatic rings. The second kappa shape index (κ2) is 9.66. The highest BCUT2D eigenvalue weighted by atomic mass is 16.6. The maximum atomic E-state index is 11.9. The maximum Gasteiger partial charge on any atom is 0.407 e. The van der Waals surface area contributed by atoms with E-state index in [1.54, 1.807) is 0 Å². The Kier molecular flexibility index (Phi) is 8.24. The average Bonchev–Trinajstić information content (AvgIpc) is 2.45. The average molecular weight is 315 g/mol. The van der Waals surface area contributed by atoms with Crippen molar-refractivity contribution in [2.24, 2.45) is 5.92 Å². The fraction of sp³-hybridized carbons (Fsp3) is 0.875. The van der Waals surface area contributed by atoms with E-state index < -0.39 is 18.1 Å². The molecule has 0 bridgehead atoms. The van der Waals surface area contributed by atoms with Crippen molar-refractivity contribution in [2.75, 3.05) is 13.7 Å². The highest BCUT2D eigenvalue weighted by Crippen LogP contribution is 2.28. The molecule has 1 saturated heterocycles. The van der Waals surface area contributed by atoms with Crippen molar-refractivity contribution in [1.82, 2.24) is 5.32 Å². The molecule has 6 heteroatoms. The Balaban J connectivity index is 2.53. The first-order valence-electron chi connectivity index (χ1n) is 8.12. The molecule has 1 aliphatic heterocycles. The summed E-state index contributed by atoms with van der Waals surface area (Å²) in [6.45, 7) is 6.44. The number of esters is 1. The highest BCUT2D eigenvalue weighted by Gasteiger charge is 2.31. The van der Waals surface area contributed by atoms with Gasteiger partial charge in [0.05, 0.1) is 25.9 Å². The predicted molar refractivity (Wildman–Crippen MR) is 82.5 cm³/mol. The van der Waals surface area contributed by atoms with Crippen molar-refractivity contribution in [3.8, 4) is 0 Å². The van der Waals surface area contributed by atoms with Crippen molar-refractivity contribution in [3.63, 3.8) is 0 Å². The summed E-state index contributed by atoms with van der Waals surface area (Å²) in [5.74, 6) is -0.113. The van der Waals surface area contributed by atoms with Crippen LogP contribution in [-0.4, -0.2) is 44.0 Å². The van der Waals surface area contributed by atoms with Crippen molar-refractivity contribution < 1.29 is 23.8 Å². The number of carbonyl (C=O) groups is 2. The van der Waals surface area contributed by atoms with Gasteiger partial charge >= 0.3 is 12.1 Å². The quantitative estimate of drug-likeness (QED) is 0.577. The summed E-state index contributed by atoms with van der Waals surface area (Å²) in [5.41, 5.74) is 0. The van der Waals surface area contributed by atoms with E-state index in [1.165, 1.54) is 7.11 Å². The monoisotopic (exact) mass is 315 g/mol. The first-order chi connectivity index (χ1) is 10.5. The van der Waals surface area contributed by atoms with E-state index in [0.717, 1.165) is 25.7 Å². The van der Waals surface area contributed by atoms with Crippen LogP contribution in [-0.2, 0) is 19.0 Å². The summed E-state index contributed by atoms with van der Waals surface area (Å²) in [4.78, 5) is 23.6. The van der Waals surface area contributed by atoms with Crippen LogP contribution >= 0.6 is 0 Å². The molecule has 1 rings (SSSR count). The minimum atomic E-state index is -0.665. The van der Waals surface area contributed by atoms with Crippen molar-refractivity contribution in [3.05, 3.63) is 0 Å². The molecule has 0 spiro atoms. The molecule has 1 amide bonds. The zero-order valence-electron chi connectivity index (χ0n) is 14.1. The second-order valence-electron chi connectivity index (χ2n) is 6.04. The third kappa shape index (κ3) is 6.64. The van der Waals surface area contributed by atoms with E-state index in [2.05, 4.69) is 5.32 Å². The minimum Gasteiger partial charge on any atom is -0.467 e. The number of hydrogen-bond donors (Lipinski definition) is 1. The Morgan fingerprint density at radius 3 is 2.45 bits per heavy atom. The molecule has 6 nitrogen and oxygen atoms in total. The largest absolute Gasteiger partial charge is 0.467 e. The SMILES string of the molecule is CCCCOC(=O)N[C@@H](CC1C[C@@H](C)O[C@@H](C)C1)C(=O)OC. The number of hydrogen-bond acceptors (Lipinski definition) is 5. The van der Waals surface area contributed by atoms with Crippen LogP contribution in [0.3, 0.4) is 0 Å². The van der Waals surface area contributed by atoms with Crippen molar-refractivity contribution in [2.45, 2.75) is 71.1 Å². The topological polar surface area (TPSA) is 73.9 Å². The number of nitrogens with one attached hydrogen (secondary N) is 1. The Hall–Kier alpha value is -1.30. The lowest BCUT2D eigenvalue weighted by Gasteiger charge is -2.33. The Morgan fingerprint density at radius 2 is 1.91 bits per heavy atom. The van der Waals surface area contributed by atoms with E-state index in [0.29, 0.717) is 18.9 Å². The van der Waals surface area contributed by atoms with Gasteiger partial charge in [0.2, 0.25) is 0 Å². The summed E-state index contributed by atoms with van der Waals surface area (Å²) < 4.78 is 15.6. The number of alkyl carbamates (subject to hydrolysis) is 1. The third-order valence-electron chi connectivity index (χ3n) is 3.87. The van der Waals surface area contributed by atoms with Crippen LogP contribution in [0.5, 0.6) is 0 Å². The predicted octanol–water partition coefficient (Wildman–Crippen LogP) is 2.65. The molecule has 4 atom stereocenters. The molecule has 1 unspecified atom stereocenters. The lowest BCUT2D eigenvalue weighted by atomic mass is 9.87. The lowest BCUT2D eigenvalue weighted by Crippen LogP contribution is -2.44. The molecule has 1 N–H and O–H groups in total. The first kappa shape index (κ1) is 18.7. The molecule has 1 heterocycles. The molecule has 22 heavy (non-hydrogen) atoms. The standard InChI is InChI=1S/C16H29NO5/c1-5-6-7-21-16(19)17-14(15(18)20-4)10-13-8-11(2)22-12(3)9-13/h11-14H,5-10H2,1-4H3,(H,17,19)/t11-,12+,13?,14-/m0/s1. The zero-order valence-corrected chi connectivity index (χ0v) is 14.1. The number of methoxy groups -OCH3 is 1. The van der Waals surface area contributed by atoms with E-state index in [1.807, 2.05) is 20.8 Å². The summed E-state index contributed by atoms with van der Waals surface area (Å²) in [7, 11) is 1.33. The van der Waals surface area contributed by atoms with Crippen molar-refractivity contribution in [1.29, 1.82) is 0 Å². The Labute approximate surface area is 132 Å². The van der Waals surface area contributed by atoms with Gasteiger partial charge in [0, 0.05) is 0 Å². The number of carbonyl (C=O) groups excluding carboxylic acids is 2. The fourth-order valence-electron chi connectivity index (χ4n) is 2.92. The first-order valence-corrected chi connectivity index (χ1v) is 8.12. The second-order valence-corrected chi connectivity index (χ2v) is 6.04. The molecule has 0 aromatic carbocycles. The molecule has 0 radical (unpaired) electrons. The van der Waals surface area contributed by atoms with Gasteiger partial charge in [0.1, 0.15) is 6.04 Å². The Morgan fingerprint density at radius 1 is 1.27 bits per heavy atom. The molecule has 0 aliphatic carbocycles. The van der Waals surface area contributed by atoms with Gasteiger partial charge in [0.25, 0.3) is 0 Å². The molecule has 128 valence electrons. The van der Waals surface area contributed by atoms with Gasteiger partial charge in [-0.3, -0.25) is 0 Å². The van der Waals surface area contributed by atoms with Crippen LogP contribution < -0.4 is 5.32 Å². The van der Waals surface area contributed by atoms with Crippen LogP contribution in [0.4, 0.5) is 4.79 Å². The summed E-state index contributed by atoms with van der Waals surface area (Å²) in [6.07, 6.45) is 3.85. The molecule has 0 saturated carbocycles. The number of rotatable bonds is 7. The van der Waals surface area contributed by atoms with Crippen molar-refractivity contribution >= 4 is 12.1 Å². The van der Waals surface area contributed by atoms with Gasteiger partial charge in [-0.25, -0.2) is 9.59 Å². The fourth-order valence-corrected chi connectivity index (χ4v) is 2.92. The van der Waals surface area contributed by atoms with Gasteiger partial charge in [-0.05, 0) is 45.4 Å². The maximum absolute atomic E-state index is 11.9. The molecule has 1 aliphatic rings. The highest BCUT2D eigenvalue weighted by molar-refractivity contribution is 5.81. The minimum absolute atomic E-state index is 0.170. The number of ether oxygens (including phenoxy) is 3. The lowest BCUT2D eigenvalue weighted by molar-refractivity contribution is -0.144. The summed E-state index contributed by atoms with van der Waals surface area (Å²) in [5, 5.41) is 2.63. The molecule has 0 aromatic heterocycles. The van der Waals surface area contributed by atoms with Crippen LogP contribution in [0.25, 0.3) is 0 Å². The molecular formula is C16H29NO5. The number of amides is 1. The smallest absolute Gasteiger partial charge is 0.407 e. The van der Waals surface area contributed by atoms with E-state index >= 15 is 0 Å². The van der Waals surface area contributed by atoms with Gasteiger partial charge in [-0.15, -0.1) is 0 Å². The van der Waals surface area contributed by atoms with Gasteiger partial charge < -0.3 is 19.5 Å². The van der Waals surface area contributed by atoms with Crippen LogP contribution in [0.1, 0.15) is 52.9 Å². The normalized spacial score (nSPS) is 26.1.